The Morgan fingerprint density at radius 3 is 1.49 bits per heavy atom. The number of hydrogen-bond acceptors (Lipinski definition) is 0. The third kappa shape index (κ3) is 2.81. The normalized spacial score (nSPS) is 12.5. The summed E-state index contributed by atoms with van der Waals surface area (Å²) in [5, 5.41) is 5.17. The molecule has 0 N–H and O–H groups in total. The lowest BCUT2D eigenvalue weighted by Gasteiger charge is -2.15. The molecule has 2 heterocycles. The zero-order chi connectivity index (χ0) is 25.5. The van der Waals surface area contributed by atoms with Crippen LogP contribution in [0.15, 0.2) is 133 Å². The average Bonchev–Trinajstić information content (AvgIpc) is 3.64. The number of benzene rings is 6. The number of aromatic nitrogens is 2. The second-order valence-corrected chi connectivity index (χ2v) is 10.6. The Morgan fingerprint density at radius 2 is 0.923 bits per heavy atom. The molecule has 0 spiro atoms. The van der Waals surface area contributed by atoms with E-state index in [9.17, 15) is 0 Å². The van der Waals surface area contributed by atoms with Crippen molar-refractivity contribution in [3.8, 4) is 22.5 Å². The van der Waals surface area contributed by atoms with Gasteiger partial charge in [0.05, 0.1) is 27.8 Å². The predicted molar refractivity (Wildman–Crippen MR) is 163 cm³/mol. The molecule has 182 valence electrons. The van der Waals surface area contributed by atoms with Gasteiger partial charge in [0.15, 0.2) is 0 Å². The SMILES string of the molecule is c1cc2c(c(-n3c4ccccc4c4ccccc43)c1)-c1cc(-n3c4ccccc4c4ccccc43)ccc1C2. The first-order chi connectivity index (χ1) is 19.4. The Bertz CT molecular complexity index is 2150. The van der Waals surface area contributed by atoms with E-state index in [2.05, 4.69) is 143 Å². The van der Waals surface area contributed by atoms with Crippen LogP contribution in [0.3, 0.4) is 0 Å². The Labute approximate surface area is 226 Å². The Hall–Kier alpha value is -5.08. The molecular formula is C37H24N2. The molecule has 9 rings (SSSR count). The van der Waals surface area contributed by atoms with Crippen LogP contribution in [0.1, 0.15) is 11.1 Å². The standard InChI is InChI=1S/C37H24N2/c1-5-15-32-27(11-1)28-12-2-6-16-33(28)38(32)26-21-20-24-22-25-10-9-19-36(37(25)31(24)23-26)39-34-17-7-3-13-29(34)30-14-4-8-18-35(30)39/h1-21,23H,22H2. The molecule has 6 aromatic carbocycles. The van der Waals surface area contributed by atoms with Gasteiger partial charge >= 0.3 is 0 Å². The molecule has 2 nitrogen and oxygen atoms in total. The highest BCUT2D eigenvalue weighted by Crippen LogP contribution is 2.44. The Kier molecular flexibility index (Phi) is 4.14. The highest BCUT2D eigenvalue weighted by molar-refractivity contribution is 6.11. The summed E-state index contributed by atoms with van der Waals surface area (Å²) >= 11 is 0. The van der Waals surface area contributed by atoms with Gasteiger partial charge in [-0.05, 0) is 65.6 Å². The van der Waals surface area contributed by atoms with Crippen molar-refractivity contribution in [1.29, 1.82) is 0 Å². The van der Waals surface area contributed by atoms with E-state index in [0.29, 0.717) is 0 Å². The summed E-state index contributed by atoms with van der Waals surface area (Å²) in [6.07, 6.45) is 0.961. The van der Waals surface area contributed by atoms with Gasteiger partial charge in [0.1, 0.15) is 0 Å². The topological polar surface area (TPSA) is 9.86 Å². The molecule has 0 atom stereocenters. The fourth-order valence-corrected chi connectivity index (χ4v) is 6.91. The summed E-state index contributed by atoms with van der Waals surface area (Å²) in [7, 11) is 0. The quantitative estimate of drug-likeness (QED) is 0.226. The van der Waals surface area contributed by atoms with Crippen LogP contribution in [-0.2, 0) is 6.42 Å². The molecule has 0 bridgehead atoms. The van der Waals surface area contributed by atoms with E-state index < -0.39 is 0 Å². The number of fused-ring (bicyclic) bond motifs is 9. The fourth-order valence-electron chi connectivity index (χ4n) is 6.91. The zero-order valence-corrected chi connectivity index (χ0v) is 21.3. The largest absolute Gasteiger partial charge is 0.309 e. The van der Waals surface area contributed by atoms with E-state index >= 15 is 0 Å². The summed E-state index contributed by atoms with van der Waals surface area (Å²) in [6.45, 7) is 0. The maximum absolute atomic E-state index is 2.46. The van der Waals surface area contributed by atoms with Gasteiger partial charge in [-0.1, -0.05) is 91.0 Å². The molecule has 0 saturated carbocycles. The molecule has 39 heavy (non-hydrogen) atoms. The van der Waals surface area contributed by atoms with Crippen LogP contribution >= 0.6 is 0 Å². The van der Waals surface area contributed by atoms with Gasteiger partial charge in [-0.15, -0.1) is 0 Å². The molecule has 2 aromatic heterocycles. The lowest BCUT2D eigenvalue weighted by molar-refractivity contribution is 1.17. The highest BCUT2D eigenvalue weighted by Gasteiger charge is 2.25. The van der Waals surface area contributed by atoms with Crippen molar-refractivity contribution < 1.29 is 0 Å². The van der Waals surface area contributed by atoms with Crippen LogP contribution < -0.4 is 0 Å². The van der Waals surface area contributed by atoms with Gasteiger partial charge < -0.3 is 9.13 Å². The molecule has 1 aliphatic carbocycles. The van der Waals surface area contributed by atoms with Crippen LogP contribution in [-0.4, -0.2) is 9.13 Å². The first-order valence-corrected chi connectivity index (χ1v) is 13.6. The second-order valence-electron chi connectivity index (χ2n) is 10.6. The molecule has 8 aromatic rings. The van der Waals surface area contributed by atoms with Crippen LogP contribution in [0.5, 0.6) is 0 Å². The van der Waals surface area contributed by atoms with Gasteiger partial charge in [-0.25, -0.2) is 0 Å². The van der Waals surface area contributed by atoms with Crippen molar-refractivity contribution in [2.75, 3.05) is 0 Å². The number of rotatable bonds is 2. The van der Waals surface area contributed by atoms with E-state index in [4.69, 9.17) is 0 Å². The minimum atomic E-state index is 0.961. The predicted octanol–water partition coefficient (Wildman–Crippen LogP) is 9.45. The summed E-state index contributed by atoms with van der Waals surface area (Å²) < 4.78 is 4.89. The first-order valence-electron chi connectivity index (χ1n) is 13.6. The molecule has 0 fully saturated rings. The number of para-hydroxylation sites is 4. The van der Waals surface area contributed by atoms with Crippen molar-refractivity contribution >= 4 is 43.6 Å². The van der Waals surface area contributed by atoms with Crippen LogP contribution in [0.4, 0.5) is 0 Å². The molecule has 0 saturated heterocycles. The summed E-state index contributed by atoms with van der Waals surface area (Å²) in [4.78, 5) is 0. The lowest BCUT2D eigenvalue weighted by Crippen LogP contribution is -1.98. The summed E-state index contributed by atoms with van der Waals surface area (Å²) in [6, 6.07) is 48.9. The van der Waals surface area contributed by atoms with E-state index in [-0.39, 0.29) is 0 Å². The minimum Gasteiger partial charge on any atom is -0.309 e. The van der Waals surface area contributed by atoms with E-state index in [0.717, 1.165) is 6.42 Å². The van der Waals surface area contributed by atoms with Gasteiger partial charge in [-0.2, -0.15) is 0 Å². The van der Waals surface area contributed by atoms with Gasteiger partial charge in [-0.3, -0.25) is 0 Å². The van der Waals surface area contributed by atoms with Crippen molar-refractivity contribution in [2.24, 2.45) is 0 Å². The molecule has 1 aliphatic rings. The third-order valence-corrected chi connectivity index (χ3v) is 8.53. The monoisotopic (exact) mass is 496 g/mol. The van der Waals surface area contributed by atoms with Crippen molar-refractivity contribution in [3.05, 3.63) is 145 Å². The van der Waals surface area contributed by atoms with Crippen molar-refractivity contribution in [2.45, 2.75) is 6.42 Å². The summed E-state index contributed by atoms with van der Waals surface area (Å²) in [5.74, 6) is 0. The van der Waals surface area contributed by atoms with Gasteiger partial charge in [0.25, 0.3) is 0 Å². The maximum Gasteiger partial charge on any atom is 0.0543 e. The van der Waals surface area contributed by atoms with Crippen molar-refractivity contribution in [1.82, 2.24) is 9.13 Å². The molecular weight excluding hydrogens is 472 g/mol. The molecule has 0 aliphatic heterocycles. The van der Waals surface area contributed by atoms with Gasteiger partial charge in [0.2, 0.25) is 0 Å². The third-order valence-electron chi connectivity index (χ3n) is 8.53. The number of nitrogens with zero attached hydrogens (tertiary/aromatic N) is 2. The van der Waals surface area contributed by atoms with Gasteiger partial charge in [0, 0.05) is 32.8 Å². The average molecular weight is 497 g/mol. The minimum absolute atomic E-state index is 0.961. The molecule has 0 radical (unpaired) electrons. The Balaban J connectivity index is 1.34. The number of hydrogen-bond donors (Lipinski definition) is 0. The van der Waals surface area contributed by atoms with E-state index in [1.807, 2.05) is 0 Å². The lowest BCUT2D eigenvalue weighted by atomic mass is 10.0. The smallest absolute Gasteiger partial charge is 0.0543 e. The van der Waals surface area contributed by atoms with Crippen molar-refractivity contribution in [3.63, 3.8) is 0 Å². The second kappa shape index (κ2) is 7.72. The van der Waals surface area contributed by atoms with Crippen LogP contribution in [0.2, 0.25) is 0 Å². The first kappa shape index (κ1) is 20.9. The van der Waals surface area contributed by atoms with E-state index in [1.54, 1.807) is 0 Å². The highest BCUT2D eigenvalue weighted by atomic mass is 15.0. The molecule has 2 heteroatoms. The fraction of sp³-hybridized carbons (Fsp3) is 0.0270. The van der Waals surface area contributed by atoms with E-state index in [1.165, 1.54) is 77.2 Å². The summed E-state index contributed by atoms with van der Waals surface area (Å²) in [5.41, 5.74) is 12.9. The zero-order valence-electron chi connectivity index (χ0n) is 21.3. The van der Waals surface area contributed by atoms with Crippen LogP contribution in [0.25, 0.3) is 66.1 Å². The maximum atomic E-state index is 2.46. The Morgan fingerprint density at radius 1 is 0.410 bits per heavy atom. The molecule has 0 amide bonds. The van der Waals surface area contributed by atoms with Crippen LogP contribution in [0, 0.1) is 0 Å². The molecule has 0 unspecified atom stereocenters.